The highest BCUT2D eigenvalue weighted by molar-refractivity contribution is 5.77. The zero-order valence-corrected chi connectivity index (χ0v) is 13.7. The molecule has 6 heteroatoms. The molecule has 0 saturated heterocycles. The molecule has 0 bridgehead atoms. The van der Waals surface area contributed by atoms with Crippen molar-refractivity contribution in [2.75, 3.05) is 0 Å². The first-order valence-electron chi connectivity index (χ1n) is 7.39. The number of fused-ring (bicyclic) bond motifs is 2. The van der Waals surface area contributed by atoms with Crippen molar-refractivity contribution in [3.05, 3.63) is 46.6 Å². The van der Waals surface area contributed by atoms with Gasteiger partial charge in [-0.25, -0.2) is 4.98 Å². The first kappa shape index (κ1) is 17.5. The first-order valence-corrected chi connectivity index (χ1v) is 7.39. The Morgan fingerprint density at radius 2 is 1.88 bits per heavy atom. The quantitative estimate of drug-likeness (QED) is 0.663. The van der Waals surface area contributed by atoms with Crippen molar-refractivity contribution in [3.63, 3.8) is 0 Å². The van der Waals surface area contributed by atoms with Gasteiger partial charge in [-0.05, 0) is 29.7 Å². The molecule has 0 saturated carbocycles. The van der Waals surface area contributed by atoms with Crippen LogP contribution in [0.1, 0.15) is 27.2 Å². The summed E-state index contributed by atoms with van der Waals surface area (Å²) in [7, 11) is 0. The molecule has 2 N–H and O–H groups in total. The fourth-order valence-electron chi connectivity index (χ4n) is 2.05. The normalized spacial score (nSPS) is 11.1. The molecule has 1 aromatic rings. The lowest BCUT2D eigenvalue weighted by Crippen LogP contribution is -2.11. The van der Waals surface area contributed by atoms with Crippen LogP contribution in [0.5, 0.6) is 5.75 Å². The number of carboxylic acids is 1. The van der Waals surface area contributed by atoms with Crippen LogP contribution in [0.4, 0.5) is 0 Å². The number of hydrogen-bond donors (Lipinski definition) is 2. The fourth-order valence-corrected chi connectivity index (χ4v) is 2.05. The number of benzene rings is 2. The van der Waals surface area contributed by atoms with Crippen molar-refractivity contribution < 1.29 is 19.4 Å². The Kier molecular flexibility index (Phi) is 4.87. The zero-order valence-electron chi connectivity index (χ0n) is 13.7. The number of hydrogen-bond acceptors (Lipinski definition) is 5. The molecule has 126 valence electrons. The topological polar surface area (TPSA) is 101 Å². The lowest BCUT2D eigenvalue weighted by atomic mass is 9.93. The third-order valence-corrected chi connectivity index (χ3v) is 3.02. The number of phenolic OH excluding ortho intramolecular Hbond substituents is 1. The van der Waals surface area contributed by atoms with E-state index in [0.717, 1.165) is 0 Å². The van der Waals surface area contributed by atoms with Gasteiger partial charge in [-0.1, -0.05) is 20.8 Å². The van der Waals surface area contributed by atoms with Gasteiger partial charge in [-0.2, -0.15) is 0 Å². The van der Waals surface area contributed by atoms with Crippen LogP contribution in [-0.4, -0.2) is 21.2 Å². The fraction of sp³-hybridized carbons (Fsp3) is 0.278. The van der Waals surface area contributed by atoms with E-state index in [1.807, 2.05) is 20.8 Å². The van der Waals surface area contributed by atoms with Gasteiger partial charge >= 0.3 is 5.97 Å². The third-order valence-electron chi connectivity index (χ3n) is 3.02. The van der Waals surface area contributed by atoms with Crippen molar-refractivity contribution >= 4 is 17.1 Å². The summed E-state index contributed by atoms with van der Waals surface area (Å²) >= 11 is 0. The zero-order chi connectivity index (χ0) is 17.9. The van der Waals surface area contributed by atoms with Gasteiger partial charge in [0.05, 0.1) is 6.42 Å². The molecule has 0 fully saturated rings. The molecule has 0 amide bonds. The van der Waals surface area contributed by atoms with Crippen LogP contribution < -0.4 is 5.43 Å². The van der Waals surface area contributed by atoms with Crippen LogP contribution >= 0.6 is 0 Å². The predicted molar refractivity (Wildman–Crippen MR) is 90.3 cm³/mol. The Hall–Kier alpha value is -2.89. The van der Waals surface area contributed by atoms with E-state index in [2.05, 4.69) is 4.98 Å². The molecule has 2 aliphatic rings. The van der Waals surface area contributed by atoms with E-state index in [-0.39, 0.29) is 23.0 Å². The number of phenols is 1. The van der Waals surface area contributed by atoms with Gasteiger partial charge in [0.1, 0.15) is 17.0 Å². The molecular weight excluding hydrogens is 310 g/mol. The van der Waals surface area contributed by atoms with E-state index in [4.69, 9.17) is 9.52 Å². The molecule has 0 radical (unpaired) electrons. The summed E-state index contributed by atoms with van der Waals surface area (Å²) in [6.07, 6.45) is 0.243. The van der Waals surface area contributed by atoms with Gasteiger partial charge in [0.15, 0.2) is 16.8 Å². The first-order chi connectivity index (χ1) is 11.1. The van der Waals surface area contributed by atoms with Crippen LogP contribution in [0.25, 0.3) is 22.6 Å². The molecule has 0 unspecified atom stereocenters. The highest BCUT2D eigenvalue weighted by Crippen LogP contribution is 2.25. The molecule has 0 atom stereocenters. The average molecular weight is 329 g/mol. The number of carboxylic acid groups (broad SMARTS) is 1. The molecule has 1 aliphatic heterocycles. The molecule has 6 nitrogen and oxygen atoms in total. The number of aliphatic carboxylic acids is 1. The lowest BCUT2D eigenvalue weighted by Gasteiger charge is -2.13. The van der Waals surface area contributed by atoms with Crippen molar-refractivity contribution in [2.45, 2.75) is 27.2 Å². The Morgan fingerprint density at radius 3 is 2.46 bits per heavy atom. The van der Waals surface area contributed by atoms with Crippen molar-refractivity contribution in [1.82, 2.24) is 4.98 Å². The highest BCUT2D eigenvalue weighted by atomic mass is 16.4. The molecule has 1 aromatic carbocycles. The summed E-state index contributed by atoms with van der Waals surface area (Å²) in [4.78, 5) is 25.5. The van der Waals surface area contributed by atoms with Gasteiger partial charge in [-0.3, -0.25) is 9.59 Å². The van der Waals surface area contributed by atoms with Crippen molar-refractivity contribution in [3.8, 4) is 17.2 Å². The van der Waals surface area contributed by atoms with E-state index < -0.39 is 5.97 Å². The third kappa shape index (κ3) is 4.81. The number of rotatable bonds is 1. The number of aromatic hydroxyl groups is 1. The number of aromatic nitrogens is 1. The standard InChI is InChI=1S/C12H7NO3.C6H12O2/c14-7-1-3-9-11(5-7)16-12-6-8(15)2-4-10(12)13-9;1-6(2,3)4-5(7)8/h1-6,14H;4H2,1-3H3,(H,7,8). The highest BCUT2D eigenvalue weighted by Gasteiger charge is 2.14. The van der Waals surface area contributed by atoms with Gasteiger partial charge in [0.25, 0.3) is 0 Å². The SMILES string of the molecule is CC(C)(C)CC(=O)O.O=c1ccc2nc3ccc(O)cc3oc-2c1. The monoisotopic (exact) mass is 329 g/mol. The van der Waals surface area contributed by atoms with Crippen LogP contribution in [-0.2, 0) is 4.79 Å². The number of nitrogens with zero attached hydrogens (tertiary/aromatic N) is 1. The molecule has 24 heavy (non-hydrogen) atoms. The second-order valence-corrected chi connectivity index (χ2v) is 6.63. The second-order valence-electron chi connectivity index (χ2n) is 6.63. The van der Waals surface area contributed by atoms with Gasteiger partial charge in [0, 0.05) is 12.1 Å². The maximum atomic E-state index is 11.1. The van der Waals surface area contributed by atoms with Crippen LogP contribution in [0.15, 0.2) is 45.6 Å². The summed E-state index contributed by atoms with van der Waals surface area (Å²) in [6, 6.07) is 9.12. The van der Waals surface area contributed by atoms with Gasteiger partial charge in [0.2, 0.25) is 0 Å². The second kappa shape index (κ2) is 6.70. The van der Waals surface area contributed by atoms with Crippen LogP contribution in [0.2, 0.25) is 0 Å². The Bertz CT molecular complexity index is 892. The Morgan fingerprint density at radius 1 is 1.17 bits per heavy atom. The maximum Gasteiger partial charge on any atom is 0.303 e. The minimum atomic E-state index is -0.725. The summed E-state index contributed by atoms with van der Waals surface area (Å²) in [5.74, 6) is -0.196. The summed E-state index contributed by atoms with van der Waals surface area (Å²) < 4.78 is 5.49. The van der Waals surface area contributed by atoms with E-state index in [1.165, 1.54) is 18.2 Å². The Labute approximate surface area is 138 Å². The summed E-state index contributed by atoms with van der Waals surface area (Å²) in [6.45, 7) is 5.71. The van der Waals surface area contributed by atoms with Gasteiger partial charge < -0.3 is 14.6 Å². The average Bonchev–Trinajstić information content (AvgIpc) is 2.43. The molecule has 1 aliphatic carbocycles. The largest absolute Gasteiger partial charge is 0.508 e. The van der Waals surface area contributed by atoms with E-state index >= 15 is 0 Å². The van der Waals surface area contributed by atoms with E-state index in [9.17, 15) is 14.7 Å². The van der Waals surface area contributed by atoms with Crippen molar-refractivity contribution in [1.29, 1.82) is 0 Å². The molecule has 0 aromatic heterocycles. The maximum absolute atomic E-state index is 11.1. The van der Waals surface area contributed by atoms with E-state index in [1.54, 1.807) is 18.2 Å². The molecule has 1 heterocycles. The van der Waals surface area contributed by atoms with Crippen LogP contribution in [0, 0.1) is 5.41 Å². The molecular formula is C18H19NO5. The van der Waals surface area contributed by atoms with Crippen molar-refractivity contribution in [2.24, 2.45) is 5.41 Å². The molecule has 3 rings (SSSR count). The molecule has 0 spiro atoms. The smallest absolute Gasteiger partial charge is 0.303 e. The van der Waals surface area contributed by atoms with E-state index in [0.29, 0.717) is 22.6 Å². The summed E-state index contributed by atoms with van der Waals surface area (Å²) in [5, 5.41) is 17.6. The number of carbonyl (C=O) groups is 1. The predicted octanol–water partition coefficient (Wildman–Crippen LogP) is 3.51. The summed E-state index contributed by atoms with van der Waals surface area (Å²) in [5.41, 5.74) is 1.52. The van der Waals surface area contributed by atoms with Gasteiger partial charge in [-0.15, -0.1) is 0 Å². The lowest BCUT2D eigenvalue weighted by molar-refractivity contribution is -0.139. The minimum absolute atomic E-state index is 0.0775. The van der Waals surface area contributed by atoms with Crippen LogP contribution in [0.3, 0.4) is 0 Å². The minimum Gasteiger partial charge on any atom is -0.508 e. The Balaban J connectivity index is 0.000000224.